The van der Waals surface area contributed by atoms with Crippen molar-refractivity contribution in [2.45, 2.75) is 0 Å². The Balaban J connectivity index is 1.43. The molecular formula is C24H17ClN6O4. The zero-order chi connectivity index (χ0) is 24.5. The SMILES string of the molecule is Cn1nc(C(=O)NNC(=O)c2cc(-c3ccco3)n(-c3cccc(Cl)c3)n2)c2ccccc2c1=O. The number of furan rings is 1. The van der Waals surface area contributed by atoms with Crippen molar-refractivity contribution >= 4 is 34.2 Å². The first-order chi connectivity index (χ1) is 16.9. The lowest BCUT2D eigenvalue weighted by Gasteiger charge is -2.09. The Hall–Kier alpha value is -4.70. The standard InChI is InChI=1S/C24H17ClN6O4/c1-30-24(34)17-9-3-2-8-16(17)21(29-30)23(33)27-26-22(32)18-13-19(20-10-5-11-35-20)31(28-18)15-7-4-6-14(25)12-15/h2-13H,1H3,(H,26,32)(H,27,33). The van der Waals surface area contributed by atoms with Crippen molar-refractivity contribution in [2.24, 2.45) is 7.05 Å². The van der Waals surface area contributed by atoms with Gasteiger partial charge in [0.25, 0.3) is 17.4 Å². The molecule has 10 nitrogen and oxygen atoms in total. The Morgan fingerprint density at radius 3 is 2.43 bits per heavy atom. The van der Waals surface area contributed by atoms with Crippen LogP contribution in [0.5, 0.6) is 0 Å². The van der Waals surface area contributed by atoms with E-state index in [-0.39, 0.29) is 16.9 Å². The van der Waals surface area contributed by atoms with E-state index in [1.54, 1.807) is 60.7 Å². The Morgan fingerprint density at radius 2 is 1.69 bits per heavy atom. The summed E-state index contributed by atoms with van der Waals surface area (Å²) in [5.74, 6) is -0.867. The molecule has 0 aliphatic heterocycles. The van der Waals surface area contributed by atoms with Gasteiger partial charge in [-0.1, -0.05) is 35.9 Å². The van der Waals surface area contributed by atoms with E-state index in [9.17, 15) is 14.4 Å². The van der Waals surface area contributed by atoms with E-state index in [0.717, 1.165) is 4.68 Å². The van der Waals surface area contributed by atoms with Crippen LogP contribution in [0.3, 0.4) is 0 Å². The molecule has 0 unspecified atom stereocenters. The van der Waals surface area contributed by atoms with E-state index in [4.69, 9.17) is 16.0 Å². The fourth-order valence-corrected chi connectivity index (χ4v) is 3.79. The van der Waals surface area contributed by atoms with Gasteiger partial charge >= 0.3 is 0 Å². The molecule has 2 aromatic carbocycles. The summed E-state index contributed by atoms with van der Waals surface area (Å²) in [5.41, 5.74) is 5.49. The van der Waals surface area contributed by atoms with E-state index < -0.39 is 11.8 Å². The molecule has 0 aliphatic rings. The van der Waals surface area contributed by atoms with Gasteiger partial charge in [-0.2, -0.15) is 10.2 Å². The van der Waals surface area contributed by atoms with Crippen LogP contribution in [-0.4, -0.2) is 31.4 Å². The topological polar surface area (TPSA) is 124 Å². The van der Waals surface area contributed by atoms with Gasteiger partial charge in [-0.25, -0.2) is 9.36 Å². The summed E-state index contributed by atoms with van der Waals surface area (Å²) in [6, 6.07) is 18.5. The normalized spacial score (nSPS) is 10.9. The molecule has 0 saturated carbocycles. The molecule has 0 saturated heterocycles. The average Bonchev–Trinajstić information content (AvgIpc) is 3.55. The lowest BCUT2D eigenvalue weighted by Crippen LogP contribution is -2.42. The van der Waals surface area contributed by atoms with Crippen molar-refractivity contribution in [1.82, 2.24) is 30.4 Å². The number of benzene rings is 2. The zero-order valence-corrected chi connectivity index (χ0v) is 19.0. The number of carbonyl (C=O) groups is 2. The number of nitrogens with zero attached hydrogens (tertiary/aromatic N) is 4. The number of carbonyl (C=O) groups excluding carboxylic acids is 2. The van der Waals surface area contributed by atoms with Crippen LogP contribution < -0.4 is 16.4 Å². The van der Waals surface area contributed by atoms with Crippen LogP contribution in [0.1, 0.15) is 21.0 Å². The Labute approximate surface area is 202 Å². The highest BCUT2D eigenvalue weighted by Gasteiger charge is 2.20. The molecule has 0 bridgehead atoms. The smallest absolute Gasteiger partial charge is 0.290 e. The molecule has 0 fully saturated rings. The van der Waals surface area contributed by atoms with Crippen LogP contribution in [0.15, 0.2) is 82.2 Å². The maximum Gasteiger partial charge on any atom is 0.290 e. The predicted octanol–water partition coefficient (Wildman–Crippen LogP) is 3.11. The maximum atomic E-state index is 12.9. The van der Waals surface area contributed by atoms with Crippen molar-refractivity contribution in [3.05, 3.63) is 99.8 Å². The van der Waals surface area contributed by atoms with Gasteiger partial charge in [0.1, 0.15) is 5.69 Å². The van der Waals surface area contributed by atoms with Crippen molar-refractivity contribution < 1.29 is 14.0 Å². The second kappa shape index (κ2) is 8.92. The Bertz CT molecular complexity index is 1640. The molecule has 35 heavy (non-hydrogen) atoms. The van der Waals surface area contributed by atoms with E-state index in [0.29, 0.717) is 32.9 Å². The number of hydrogen-bond donors (Lipinski definition) is 2. The lowest BCUT2D eigenvalue weighted by atomic mass is 10.1. The minimum Gasteiger partial charge on any atom is -0.463 e. The van der Waals surface area contributed by atoms with Crippen molar-refractivity contribution in [3.63, 3.8) is 0 Å². The van der Waals surface area contributed by atoms with Crippen molar-refractivity contribution in [1.29, 1.82) is 0 Å². The molecular weight excluding hydrogens is 472 g/mol. The zero-order valence-electron chi connectivity index (χ0n) is 18.2. The minimum absolute atomic E-state index is 0.0104. The Kier molecular flexibility index (Phi) is 5.63. The number of hydrogen-bond acceptors (Lipinski definition) is 6. The van der Waals surface area contributed by atoms with Gasteiger partial charge in [0.05, 0.1) is 17.3 Å². The summed E-state index contributed by atoms with van der Waals surface area (Å²) in [4.78, 5) is 38.0. The van der Waals surface area contributed by atoms with Gasteiger partial charge in [0.2, 0.25) is 0 Å². The molecule has 2 N–H and O–H groups in total. The van der Waals surface area contributed by atoms with Gasteiger partial charge in [-0.15, -0.1) is 0 Å². The van der Waals surface area contributed by atoms with E-state index in [1.807, 2.05) is 0 Å². The van der Waals surface area contributed by atoms with Gasteiger partial charge in [0.15, 0.2) is 17.1 Å². The van der Waals surface area contributed by atoms with Crippen LogP contribution in [-0.2, 0) is 7.05 Å². The fourth-order valence-electron chi connectivity index (χ4n) is 3.60. The summed E-state index contributed by atoms with van der Waals surface area (Å²) in [5, 5.41) is 9.63. The first-order valence-corrected chi connectivity index (χ1v) is 10.8. The fraction of sp³-hybridized carbons (Fsp3) is 0.0417. The number of nitrogens with one attached hydrogen (secondary N) is 2. The quantitative estimate of drug-likeness (QED) is 0.375. The van der Waals surface area contributed by atoms with Gasteiger partial charge < -0.3 is 4.42 Å². The molecule has 11 heteroatoms. The Morgan fingerprint density at radius 1 is 0.914 bits per heavy atom. The second-order valence-electron chi connectivity index (χ2n) is 7.51. The summed E-state index contributed by atoms with van der Waals surface area (Å²) in [7, 11) is 1.45. The number of aryl methyl sites for hydroxylation is 1. The summed E-state index contributed by atoms with van der Waals surface area (Å²) >= 11 is 6.13. The van der Waals surface area contributed by atoms with Gasteiger partial charge in [-0.3, -0.25) is 25.2 Å². The molecule has 5 aromatic rings. The van der Waals surface area contributed by atoms with E-state index in [1.165, 1.54) is 24.1 Å². The molecule has 2 amide bonds. The number of hydrazine groups is 1. The number of halogens is 1. The highest BCUT2D eigenvalue weighted by Crippen LogP contribution is 2.25. The first-order valence-electron chi connectivity index (χ1n) is 10.4. The van der Waals surface area contributed by atoms with Crippen LogP contribution in [0.2, 0.25) is 5.02 Å². The molecule has 0 atom stereocenters. The number of fused-ring (bicyclic) bond motifs is 1. The number of aromatic nitrogens is 4. The first kappa shape index (κ1) is 22.1. The molecule has 0 aliphatic carbocycles. The van der Waals surface area contributed by atoms with E-state index >= 15 is 0 Å². The summed E-state index contributed by atoms with van der Waals surface area (Å²) in [6.07, 6.45) is 1.51. The van der Waals surface area contributed by atoms with Crippen LogP contribution >= 0.6 is 11.6 Å². The van der Waals surface area contributed by atoms with Crippen molar-refractivity contribution in [3.8, 4) is 17.1 Å². The molecule has 0 radical (unpaired) electrons. The third-order valence-corrected chi connectivity index (χ3v) is 5.46. The molecule has 3 aromatic heterocycles. The predicted molar refractivity (Wildman–Crippen MR) is 128 cm³/mol. The number of amides is 2. The van der Waals surface area contributed by atoms with Crippen LogP contribution in [0.25, 0.3) is 27.9 Å². The summed E-state index contributed by atoms with van der Waals surface area (Å²) in [6.45, 7) is 0. The molecule has 3 heterocycles. The van der Waals surface area contributed by atoms with Crippen molar-refractivity contribution in [2.75, 3.05) is 0 Å². The lowest BCUT2D eigenvalue weighted by molar-refractivity contribution is 0.0841. The largest absolute Gasteiger partial charge is 0.463 e. The monoisotopic (exact) mass is 488 g/mol. The molecule has 5 rings (SSSR count). The van der Waals surface area contributed by atoms with E-state index in [2.05, 4.69) is 21.0 Å². The second-order valence-corrected chi connectivity index (χ2v) is 7.95. The summed E-state index contributed by atoms with van der Waals surface area (Å²) < 4.78 is 8.08. The van der Waals surface area contributed by atoms with Crippen LogP contribution in [0.4, 0.5) is 0 Å². The molecule has 0 spiro atoms. The minimum atomic E-state index is -0.689. The highest BCUT2D eigenvalue weighted by molar-refractivity contribution is 6.30. The average molecular weight is 489 g/mol. The third-order valence-electron chi connectivity index (χ3n) is 5.23. The highest BCUT2D eigenvalue weighted by atomic mass is 35.5. The van der Waals surface area contributed by atoms with Gasteiger partial charge in [-0.05, 0) is 36.4 Å². The maximum absolute atomic E-state index is 12.9. The number of rotatable bonds is 4. The third kappa shape index (κ3) is 4.18. The van der Waals surface area contributed by atoms with Gasteiger partial charge in [0, 0.05) is 23.5 Å². The molecule has 174 valence electrons. The van der Waals surface area contributed by atoms with Crippen LogP contribution in [0, 0.1) is 0 Å².